The summed E-state index contributed by atoms with van der Waals surface area (Å²) in [6, 6.07) is -1.51. The van der Waals surface area contributed by atoms with Crippen LogP contribution in [0.1, 0.15) is 24.0 Å². The smallest absolute Gasteiger partial charge is 0.416 e. The van der Waals surface area contributed by atoms with Crippen molar-refractivity contribution in [3.8, 4) is 0 Å². The van der Waals surface area contributed by atoms with Crippen LogP contribution < -0.4 is 4.72 Å². The molecule has 0 aromatic heterocycles. The van der Waals surface area contributed by atoms with Crippen LogP contribution in [0.15, 0.2) is 23.1 Å². The number of benzene rings is 1. The van der Waals surface area contributed by atoms with Crippen molar-refractivity contribution in [2.45, 2.75) is 42.6 Å². The number of halogens is 6. The maximum absolute atomic E-state index is 12.9. The molecule has 154 valence electrons. The van der Waals surface area contributed by atoms with Crippen molar-refractivity contribution in [2.75, 3.05) is 6.61 Å². The van der Waals surface area contributed by atoms with Crippen LogP contribution in [0.3, 0.4) is 0 Å². The normalized spacial score (nSPS) is 14.2. The number of aliphatic hydroxyl groups excluding tert-OH is 1. The molecule has 0 saturated heterocycles. The second-order valence-corrected chi connectivity index (χ2v) is 7.14. The molecule has 1 atom stereocenters. The molecule has 0 radical (unpaired) electrons. The summed E-state index contributed by atoms with van der Waals surface area (Å²) in [6.45, 7) is -0.432. The van der Waals surface area contributed by atoms with Crippen LogP contribution in [0, 0.1) is 0 Å². The number of alkyl halides is 6. The lowest BCUT2D eigenvalue weighted by molar-refractivity contribution is -0.163. The van der Waals surface area contributed by atoms with E-state index in [1.807, 2.05) is 0 Å². The van der Waals surface area contributed by atoms with Gasteiger partial charge in [-0.3, -0.25) is 4.79 Å². The molecule has 1 unspecified atom stereocenters. The fourth-order valence-electron chi connectivity index (χ4n) is 2.11. The number of hydrogen-bond acceptors (Lipinski definition) is 4. The molecule has 0 fully saturated rings. The molecule has 1 aromatic carbocycles. The predicted octanol–water partition coefficient (Wildman–Crippen LogP) is 2.31. The van der Waals surface area contributed by atoms with Crippen LogP contribution in [-0.4, -0.2) is 43.4 Å². The number of carboxylic acids is 1. The Morgan fingerprint density at radius 1 is 1.15 bits per heavy atom. The standard InChI is InChI=1S/C14H15F6NO5S/c15-13(16,17)9-4-3-8(2-1-5-22)10(6-9)27(25,26)21-11(7-12(23)24)14(18,19)20/h3-4,6,11,21-22H,1-2,5,7H2,(H,23,24). The summed E-state index contributed by atoms with van der Waals surface area (Å²) >= 11 is 0. The highest BCUT2D eigenvalue weighted by atomic mass is 32.2. The van der Waals surface area contributed by atoms with E-state index < -0.39 is 57.9 Å². The Kier molecular flexibility index (Phi) is 7.24. The quantitative estimate of drug-likeness (QED) is 0.557. The molecule has 0 aliphatic carbocycles. The second kappa shape index (κ2) is 8.44. The molecular formula is C14H15F6NO5S. The highest BCUT2D eigenvalue weighted by molar-refractivity contribution is 7.89. The van der Waals surface area contributed by atoms with Gasteiger partial charge in [0.05, 0.1) is 16.9 Å². The lowest BCUT2D eigenvalue weighted by atomic mass is 10.1. The molecule has 6 nitrogen and oxygen atoms in total. The van der Waals surface area contributed by atoms with Gasteiger partial charge in [-0.1, -0.05) is 6.07 Å². The van der Waals surface area contributed by atoms with Gasteiger partial charge in [-0.05, 0) is 30.5 Å². The summed E-state index contributed by atoms with van der Waals surface area (Å²) in [5.74, 6) is -1.95. The van der Waals surface area contributed by atoms with Crippen molar-refractivity contribution in [1.29, 1.82) is 0 Å². The number of rotatable bonds is 8. The predicted molar refractivity (Wildman–Crippen MR) is 79.3 cm³/mol. The van der Waals surface area contributed by atoms with Gasteiger partial charge in [0.2, 0.25) is 10.0 Å². The van der Waals surface area contributed by atoms with Crippen molar-refractivity contribution in [3.05, 3.63) is 29.3 Å². The Hall–Kier alpha value is -1.86. The minimum Gasteiger partial charge on any atom is -0.481 e. The molecule has 13 heteroatoms. The van der Waals surface area contributed by atoms with E-state index in [2.05, 4.69) is 0 Å². The summed E-state index contributed by atoms with van der Waals surface area (Å²) in [5.41, 5.74) is -1.65. The van der Waals surface area contributed by atoms with Crippen molar-refractivity contribution in [3.63, 3.8) is 0 Å². The number of aryl methyl sites for hydroxylation is 1. The molecule has 0 aliphatic rings. The summed E-state index contributed by atoms with van der Waals surface area (Å²) in [5, 5.41) is 17.3. The van der Waals surface area contributed by atoms with E-state index in [4.69, 9.17) is 10.2 Å². The van der Waals surface area contributed by atoms with E-state index in [0.717, 1.165) is 10.8 Å². The van der Waals surface area contributed by atoms with Crippen LogP contribution in [0.5, 0.6) is 0 Å². The summed E-state index contributed by atoms with van der Waals surface area (Å²) in [6.07, 6.45) is -12.2. The fourth-order valence-corrected chi connectivity index (χ4v) is 3.62. The number of carboxylic acid groups (broad SMARTS) is 1. The van der Waals surface area contributed by atoms with Crippen LogP contribution in [-0.2, 0) is 27.4 Å². The molecule has 0 saturated carbocycles. The van der Waals surface area contributed by atoms with Crippen LogP contribution in [0.2, 0.25) is 0 Å². The van der Waals surface area contributed by atoms with Gasteiger partial charge in [-0.2, -0.15) is 31.1 Å². The van der Waals surface area contributed by atoms with Crippen molar-refractivity contribution in [2.24, 2.45) is 0 Å². The topological polar surface area (TPSA) is 104 Å². The van der Waals surface area contributed by atoms with Crippen LogP contribution in [0.25, 0.3) is 0 Å². The zero-order chi connectivity index (χ0) is 21.0. The van der Waals surface area contributed by atoms with E-state index >= 15 is 0 Å². The van der Waals surface area contributed by atoms with E-state index in [9.17, 15) is 39.6 Å². The van der Waals surface area contributed by atoms with Gasteiger partial charge >= 0.3 is 18.3 Å². The molecular weight excluding hydrogens is 408 g/mol. The monoisotopic (exact) mass is 423 g/mol. The third kappa shape index (κ3) is 6.66. The third-order valence-electron chi connectivity index (χ3n) is 3.36. The van der Waals surface area contributed by atoms with Crippen molar-refractivity contribution < 1.29 is 49.8 Å². The first kappa shape index (κ1) is 23.2. The molecule has 3 N–H and O–H groups in total. The maximum Gasteiger partial charge on any atom is 0.416 e. The van der Waals surface area contributed by atoms with Gasteiger partial charge < -0.3 is 10.2 Å². The minimum atomic E-state index is -5.28. The molecule has 0 aliphatic heterocycles. The Balaban J connectivity index is 3.42. The van der Waals surface area contributed by atoms with Gasteiger partial charge in [0.1, 0.15) is 6.04 Å². The highest BCUT2D eigenvalue weighted by Gasteiger charge is 2.44. The van der Waals surface area contributed by atoms with Crippen molar-refractivity contribution in [1.82, 2.24) is 4.72 Å². The number of aliphatic hydroxyl groups is 1. The minimum absolute atomic E-state index is 0.0499. The van der Waals surface area contributed by atoms with Gasteiger partial charge in [0.25, 0.3) is 0 Å². The van der Waals surface area contributed by atoms with Crippen LogP contribution in [0.4, 0.5) is 26.3 Å². The Bertz CT molecular complexity index is 775. The SMILES string of the molecule is O=C(O)CC(NS(=O)(=O)c1cc(C(F)(F)F)ccc1CCCO)C(F)(F)F. The fraction of sp³-hybridized carbons (Fsp3) is 0.500. The number of hydrogen-bond donors (Lipinski definition) is 3. The lowest BCUT2D eigenvalue weighted by Gasteiger charge is -2.21. The maximum atomic E-state index is 12.9. The molecule has 0 bridgehead atoms. The number of nitrogens with one attached hydrogen (secondary N) is 1. The number of aliphatic carboxylic acids is 1. The highest BCUT2D eigenvalue weighted by Crippen LogP contribution is 2.33. The number of carbonyl (C=O) groups is 1. The average molecular weight is 423 g/mol. The Morgan fingerprint density at radius 3 is 2.19 bits per heavy atom. The Morgan fingerprint density at radius 2 is 1.74 bits per heavy atom. The molecule has 1 rings (SSSR count). The summed E-state index contributed by atoms with van der Waals surface area (Å²) in [7, 11) is -5.15. The van der Waals surface area contributed by atoms with Gasteiger partial charge in [0, 0.05) is 6.61 Å². The zero-order valence-electron chi connectivity index (χ0n) is 13.4. The Labute approximate surface area is 149 Å². The molecule has 27 heavy (non-hydrogen) atoms. The molecule has 1 aromatic rings. The zero-order valence-corrected chi connectivity index (χ0v) is 14.2. The van der Waals surface area contributed by atoms with Crippen LogP contribution >= 0.6 is 0 Å². The van der Waals surface area contributed by atoms with E-state index in [1.165, 1.54) is 0 Å². The van der Waals surface area contributed by atoms with Gasteiger partial charge in [-0.25, -0.2) is 8.42 Å². The lowest BCUT2D eigenvalue weighted by Crippen LogP contribution is -2.46. The summed E-state index contributed by atoms with van der Waals surface area (Å²) in [4.78, 5) is 9.50. The second-order valence-electron chi connectivity index (χ2n) is 5.46. The molecule has 0 heterocycles. The average Bonchev–Trinajstić information content (AvgIpc) is 2.49. The first-order valence-corrected chi connectivity index (χ1v) is 8.78. The molecule has 0 amide bonds. The molecule has 0 spiro atoms. The van der Waals surface area contributed by atoms with E-state index in [0.29, 0.717) is 6.07 Å². The van der Waals surface area contributed by atoms with Crippen molar-refractivity contribution >= 4 is 16.0 Å². The number of sulfonamides is 1. The first-order chi connectivity index (χ1) is 12.2. The van der Waals surface area contributed by atoms with Gasteiger partial charge in [-0.15, -0.1) is 0 Å². The first-order valence-electron chi connectivity index (χ1n) is 7.30. The van der Waals surface area contributed by atoms with Gasteiger partial charge in [0.15, 0.2) is 0 Å². The summed E-state index contributed by atoms with van der Waals surface area (Å²) < 4.78 is 103. The van der Waals surface area contributed by atoms with E-state index in [1.54, 1.807) is 0 Å². The largest absolute Gasteiger partial charge is 0.481 e. The third-order valence-corrected chi connectivity index (χ3v) is 4.91. The van der Waals surface area contributed by atoms with E-state index in [-0.39, 0.29) is 24.5 Å².